The van der Waals surface area contributed by atoms with E-state index >= 15 is 0 Å². The Morgan fingerprint density at radius 3 is 2.38 bits per heavy atom. The van der Waals surface area contributed by atoms with Crippen LogP contribution in [0.1, 0.15) is 68.6 Å². The molecular weight excluding hydrogens is 302 g/mol. The van der Waals surface area contributed by atoms with Crippen LogP contribution in [0.4, 0.5) is 0 Å². The van der Waals surface area contributed by atoms with Crippen LogP contribution in [-0.2, 0) is 4.79 Å². The van der Waals surface area contributed by atoms with Crippen LogP contribution >= 0.6 is 0 Å². The van der Waals surface area contributed by atoms with Gasteiger partial charge in [0.05, 0.1) is 6.61 Å². The zero-order chi connectivity index (χ0) is 17.2. The minimum atomic E-state index is 0.0258. The van der Waals surface area contributed by atoms with Crippen LogP contribution in [0, 0.1) is 0 Å². The third-order valence-electron chi connectivity index (χ3n) is 4.47. The largest absolute Gasteiger partial charge is 0.494 e. The van der Waals surface area contributed by atoms with Crippen LogP contribution in [0.25, 0.3) is 0 Å². The number of Topliss-reactive ketones (excluding diaryl/α,β-unsaturated/α-hetero) is 1. The lowest BCUT2D eigenvalue weighted by Crippen LogP contribution is -2.35. The van der Waals surface area contributed by atoms with Gasteiger partial charge < -0.3 is 9.64 Å². The minimum Gasteiger partial charge on any atom is -0.494 e. The maximum absolute atomic E-state index is 12.2. The third kappa shape index (κ3) is 5.99. The van der Waals surface area contributed by atoms with Gasteiger partial charge in [-0.15, -0.1) is 0 Å². The molecule has 0 N–H and O–H groups in total. The Hall–Kier alpha value is -1.84. The number of rotatable bonds is 9. The van der Waals surface area contributed by atoms with Gasteiger partial charge in [-0.25, -0.2) is 0 Å². The molecule has 0 radical (unpaired) electrons. The van der Waals surface area contributed by atoms with Crippen molar-refractivity contribution in [3.05, 3.63) is 29.8 Å². The first-order valence-corrected chi connectivity index (χ1v) is 9.24. The Balaban J connectivity index is 1.74. The van der Waals surface area contributed by atoms with Crippen LogP contribution in [0.5, 0.6) is 5.75 Å². The molecule has 1 aliphatic heterocycles. The van der Waals surface area contributed by atoms with Crippen LogP contribution in [0.15, 0.2) is 24.3 Å². The molecule has 4 heteroatoms. The average molecular weight is 331 g/mol. The Morgan fingerprint density at radius 1 is 1.00 bits per heavy atom. The van der Waals surface area contributed by atoms with E-state index in [2.05, 4.69) is 6.92 Å². The number of hydrogen-bond acceptors (Lipinski definition) is 3. The number of carbonyl (C=O) groups is 2. The normalized spacial score (nSPS) is 14.5. The van der Waals surface area contributed by atoms with Crippen LogP contribution in [-0.4, -0.2) is 36.3 Å². The van der Waals surface area contributed by atoms with Crippen molar-refractivity contribution in [2.75, 3.05) is 19.7 Å². The molecule has 0 aliphatic carbocycles. The molecule has 1 aromatic carbocycles. The molecule has 4 nitrogen and oxygen atoms in total. The highest BCUT2D eigenvalue weighted by molar-refractivity contribution is 5.98. The molecule has 1 aromatic rings. The Bertz CT molecular complexity index is 518. The first-order chi connectivity index (χ1) is 11.7. The molecule has 1 heterocycles. The number of ether oxygens (including phenoxy) is 1. The SMILES string of the molecule is CCCCCOc1ccc(C(=O)CCC(=O)N2CCCCC2)cc1. The number of benzene rings is 1. The molecule has 1 amide bonds. The summed E-state index contributed by atoms with van der Waals surface area (Å²) in [6.45, 7) is 4.57. The number of amides is 1. The molecule has 24 heavy (non-hydrogen) atoms. The Kier molecular flexibility index (Phi) is 7.80. The van der Waals surface area contributed by atoms with E-state index in [1.165, 1.54) is 19.3 Å². The summed E-state index contributed by atoms with van der Waals surface area (Å²) < 4.78 is 5.65. The summed E-state index contributed by atoms with van der Waals surface area (Å²) in [7, 11) is 0. The standard InChI is InChI=1S/C20H29NO3/c1-2-3-7-16-24-18-10-8-17(9-11-18)19(22)12-13-20(23)21-14-5-4-6-15-21/h8-11H,2-7,12-16H2,1H3. The monoisotopic (exact) mass is 331 g/mol. The van der Waals surface area contributed by atoms with E-state index in [0.717, 1.165) is 38.1 Å². The van der Waals surface area contributed by atoms with Gasteiger partial charge in [0, 0.05) is 31.5 Å². The maximum atomic E-state index is 12.2. The second-order valence-electron chi connectivity index (χ2n) is 6.44. The lowest BCUT2D eigenvalue weighted by Gasteiger charge is -2.26. The summed E-state index contributed by atoms with van der Waals surface area (Å²) in [6, 6.07) is 7.27. The van der Waals surface area contributed by atoms with E-state index in [0.29, 0.717) is 18.6 Å². The summed E-state index contributed by atoms with van der Waals surface area (Å²) in [5, 5.41) is 0. The van der Waals surface area contributed by atoms with E-state index in [4.69, 9.17) is 4.74 Å². The molecule has 1 saturated heterocycles. The highest BCUT2D eigenvalue weighted by Crippen LogP contribution is 2.16. The fraction of sp³-hybridized carbons (Fsp3) is 0.600. The molecular formula is C20H29NO3. The van der Waals surface area contributed by atoms with Gasteiger partial charge in [0.1, 0.15) is 5.75 Å². The first-order valence-electron chi connectivity index (χ1n) is 9.24. The summed E-state index contributed by atoms with van der Waals surface area (Å²) in [5.41, 5.74) is 0.655. The van der Waals surface area contributed by atoms with Gasteiger partial charge in [-0.3, -0.25) is 9.59 Å². The van der Waals surface area contributed by atoms with Crippen LogP contribution in [0.2, 0.25) is 0 Å². The van der Waals surface area contributed by atoms with Crippen LogP contribution < -0.4 is 4.74 Å². The van der Waals surface area contributed by atoms with Crippen LogP contribution in [0.3, 0.4) is 0 Å². The number of carbonyl (C=O) groups excluding carboxylic acids is 2. The van der Waals surface area contributed by atoms with E-state index in [1.807, 2.05) is 17.0 Å². The van der Waals surface area contributed by atoms with E-state index < -0.39 is 0 Å². The lowest BCUT2D eigenvalue weighted by molar-refractivity contribution is -0.132. The van der Waals surface area contributed by atoms with Crippen molar-refractivity contribution in [3.8, 4) is 5.75 Å². The van der Waals surface area contributed by atoms with Crippen molar-refractivity contribution in [2.24, 2.45) is 0 Å². The number of likely N-dealkylation sites (tertiary alicyclic amines) is 1. The fourth-order valence-corrected chi connectivity index (χ4v) is 2.95. The highest BCUT2D eigenvalue weighted by Gasteiger charge is 2.17. The number of ketones is 1. The van der Waals surface area contributed by atoms with Gasteiger partial charge in [-0.05, 0) is 49.9 Å². The zero-order valence-corrected chi connectivity index (χ0v) is 14.8. The zero-order valence-electron chi connectivity index (χ0n) is 14.8. The summed E-state index contributed by atoms with van der Waals surface area (Å²) in [6.07, 6.45) is 7.36. The molecule has 0 bridgehead atoms. The molecule has 0 spiro atoms. The predicted octanol–water partition coefficient (Wildman–Crippen LogP) is 4.23. The van der Waals surface area contributed by atoms with Crippen molar-refractivity contribution in [2.45, 2.75) is 58.3 Å². The Labute approximate surface area is 145 Å². The molecule has 0 unspecified atom stereocenters. The molecule has 0 atom stereocenters. The lowest BCUT2D eigenvalue weighted by atomic mass is 10.1. The molecule has 132 valence electrons. The predicted molar refractivity (Wildman–Crippen MR) is 95.5 cm³/mol. The van der Waals surface area contributed by atoms with Crippen molar-refractivity contribution in [3.63, 3.8) is 0 Å². The molecule has 1 aliphatic rings. The number of unbranched alkanes of at least 4 members (excludes halogenated alkanes) is 2. The highest BCUT2D eigenvalue weighted by atomic mass is 16.5. The van der Waals surface area contributed by atoms with Crippen molar-refractivity contribution in [1.82, 2.24) is 4.90 Å². The average Bonchev–Trinajstić information content (AvgIpc) is 2.64. The maximum Gasteiger partial charge on any atom is 0.223 e. The minimum absolute atomic E-state index is 0.0258. The second-order valence-corrected chi connectivity index (χ2v) is 6.44. The number of hydrogen-bond donors (Lipinski definition) is 0. The molecule has 1 fully saturated rings. The van der Waals surface area contributed by atoms with Crippen molar-refractivity contribution < 1.29 is 14.3 Å². The van der Waals surface area contributed by atoms with Gasteiger partial charge in [0.25, 0.3) is 0 Å². The van der Waals surface area contributed by atoms with Gasteiger partial charge in [-0.1, -0.05) is 19.8 Å². The Morgan fingerprint density at radius 2 is 1.71 bits per heavy atom. The molecule has 0 aromatic heterocycles. The van der Waals surface area contributed by atoms with Crippen molar-refractivity contribution >= 4 is 11.7 Å². The smallest absolute Gasteiger partial charge is 0.223 e. The van der Waals surface area contributed by atoms with Gasteiger partial charge in [-0.2, -0.15) is 0 Å². The molecule has 2 rings (SSSR count). The first kappa shape index (κ1) is 18.5. The third-order valence-corrected chi connectivity index (χ3v) is 4.47. The summed E-state index contributed by atoms with van der Waals surface area (Å²) in [5.74, 6) is 0.934. The molecule has 0 saturated carbocycles. The quantitative estimate of drug-likeness (QED) is 0.502. The summed E-state index contributed by atoms with van der Waals surface area (Å²) >= 11 is 0. The van der Waals surface area contributed by atoms with Gasteiger partial charge in [0.2, 0.25) is 5.91 Å². The van der Waals surface area contributed by atoms with E-state index in [1.54, 1.807) is 12.1 Å². The topological polar surface area (TPSA) is 46.6 Å². The van der Waals surface area contributed by atoms with Gasteiger partial charge >= 0.3 is 0 Å². The number of nitrogens with zero attached hydrogens (tertiary/aromatic N) is 1. The summed E-state index contributed by atoms with van der Waals surface area (Å²) in [4.78, 5) is 26.2. The van der Waals surface area contributed by atoms with Gasteiger partial charge in [0.15, 0.2) is 5.78 Å². The number of piperidine rings is 1. The van der Waals surface area contributed by atoms with Crippen molar-refractivity contribution in [1.29, 1.82) is 0 Å². The fourth-order valence-electron chi connectivity index (χ4n) is 2.95. The van der Waals surface area contributed by atoms with E-state index in [9.17, 15) is 9.59 Å². The second kappa shape index (κ2) is 10.1. The van der Waals surface area contributed by atoms with E-state index in [-0.39, 0.29) is 18.1 Å².